The van der Waals surface area contributed by atoms with Crippen LogP contribution >= 0.6 is 0 Å². The van der Waals surface area contributed by atoms with Gasteiger partial charge in [0.15, 0.2) is 9.84 Å². The first-order valence-corrected chi connectivity index (χ1v) is 9.83. The third-order valence-electron chi connectivity index (χ3n) is 4.78. The number of hydrogen-bond donors (Lipinski definition) is 0. The molecule has 0 bridgehead atoms. The van der Waals surface area contributed by atoms with E-state index >= 15 is 0 Å². The molecule has 3 nitrogen and oxygen atoms in total. The molecule has 0 amide bonds. The van der Waals surface area contributed by atoms with Gasteiger partial charge in [-0.1, -0.05) is 18.2 Å². The van der Waals surface area contributed by atoms with Crippen molar-refractivity contribution in [2.75, 3.05) is 19.6 Å². The number of sulfone groups is 1. The number of hydrogen-bond acceptors (Lipinski definition) is 3. The molecule has 2 rings (SSSR count). The predicted molar refractivity (Wildman–Crippen MR) is 94.9 cm³/mol. The molecule has 0 aliphatic carbocycles. The summed E-state index contributed by atoms with van der Waals surface area (Å²) in [5.41, 5.74) is 0. The van der Waals surface area contributed by atoms with Gasteiger partial charge in [0.1, 0.15) is 0 Å². The quantitative estimate of drug-likeness (QED) is 0.749. The molecule has 126 valence electrons. The zero-order chi connectivity index (χ0) is 16.9. The van der Waals surface area contributed by atoms with Gasteiger partial charge in [-0.15, -0.1) is 12.3 Å². The molecular weight excluding hydrogens is 306 g/mol. The van der Waals surface area contributed by atoms with Crippen LogP contribution in [0, 0.1) is 18.3 Å². The Morgan fingerprint density at radius 2 is 2.00 bits per heavy atom. The molecule has 1 atom stereocenters. The van der Waals surface area contributed by atoms with Crippen LogP contribution in [0.25, 0.3) is 0 Å². The van der Waals surface area contributed by atoms with Gasteiger partial charge in [-0.05, 0) is 64.8 Å². The molecule has 1 unspecified atom stereocenters. The SMILES string of the molecule is C#CC1CCCN(CCCC(C)(C)S(=O)(=O)c2ccccc2)C1. The first-order chi connectivity index (χ1) is 10.9. The maximum atomic E-state index is 12.8. The Bertz CT molecular complexity index is 644. The largest absolute Gasteiger partial charge is 0.302 e. The predicted octanol–water partition coefficient (Wildman–Crippen LogP) is 3.36. The Labute approximate surface area is 141 Å². The first kappa shape index (κ1) is 18.0. The fourth-order valence-corrected chi connectivity index (χ4v) is 4.74. The van der Waals surface area contributed by atoms with E-state index in [-0.39, 0.29) is 0 Å². The van der Waals surface area contributed by atoms with Crippen molar-refractivity contribution >= 4 is 9.84 Å². The summed E-state index contributed by atoms with van der Waals surface area (Å²) in [6, 6.07) is 8.75. The Kier molecular flexibility index (Phi) is 5.89. The molecule has 1 saturated heterocycles. The lowest BCUT2D eigenvalue weighted by atomic mass is 9.98. The van der Waals surface area contributed by atoms with E-state index in [0.717, 1.165) is 38.9 Å². The molecule has 1 aliphatic rings. The Morgan fingerprint density at radius 3 is 2.65 bits per heavy atom. The third-order valence-corrected chi connectivity index (χ3v) is 7.33. The number of piperidine rings is 1. The molecule has 4 heteroatoms. The van der Waals surface area contributed by atoms with Crippen molar-refractivity contribution < 1.29 is 8.42 Å². The van der Waals surface area contributed by atoms with E-state index in [1.165, 1.54) is 0 Å². The van der Waals surface area contributed by atoms with Crippen LogP contribution in [-0.4, -0.2) is 37.7 Å². The monoisotopic (exact) mass is 333 g/mol. The number of rotatable bonds is 6. The molecule has 1 heterocycles. The van der Waals surface area contributed by atoms with E-state index in [2.05, 4.69) is 10.8 Å². The van der Waals surface area contributed by atoms with Crippen molar-refractivity contribution in [1.29, 1.82) is 0 Å². The minimum atomic E-state index is -3.31. The third kappa shape index (κ3) is 4.37. The lowest BCUT2D eigenvalue weighted by Gasteiger charge is -2.31. The summed E-state index contributed by atoms with van der Waals surface area (Å²) in [7, 11) is -3.31. The van der Waals surface area contributed by atoms with Crippen molar-refractivity contribution in [2.24, 2.45) is 5.92 Å². The molecule has 1 aliphatic heterocycles. The number of likely N-dealkylation sites (tertiary alicyclic amines) is 1. The van der Waals surface area contributed by atoms with Gasteiger partial charge in [0.05, 0.1) is 9.64 Å². The molecular formula is C19H27NO2S. The second-order valence-corrected chi connectivity index (χ2v) is 9.57. The Morgan fingerprint density at radius 1 is 1.30 bits per heavy atom. The zero-order valence-electron chi connectivity index (χ0n) is 14.2. The highest BCUT2D eigenvalue weighted by Gasteiger charge is 2.35. The molecule has 1 fully saturated rings. The van der Waals surface area contributed by atoms with Crippen molar-refractivity contribution in [2.45, 2.75) is 49.2 Å². The molecule has 0 spiro atoms. The fraction of sp³-hybridized carbons (Fsp3) is 0.579. The average Bonchev–Trinajstić information content (AvgIpc) is 2.55. The molecule has 1 aromatic carbocycles. The number of benzene rings is 1. The van der Waals surface area contributed by atoms with E-state index < -0.39 is 14.6 Å². The smallest absolute Gasteiger partial charge is 0.183 e. The minimum Gasteiger partial charge on any atom is -0.302 e. The molecule has 23 heavy (non-hydrogen) atoms. The van der Waals surface area contributed by atoms with Gasteiger partial charge < -0.3 is 4.90 Å². The van der Waals surface area contributed by atoms with E-state index in [9.17, 15) is 8.42 Å². The van der Waals surface area contributed by atoms with Gasteiger partial charge in [0.2, 0.25) is 0 Å². The molecule has 0 aromatic heterocycles. The van der Waals surface area contributed by atoms with Crippen molar-refractivity contribution in [3.63, 3.8) is 0 Å². The van der Waals surface area contributed by atoms with Crippen molar-refractivity contribution in [1.82, 2.24) is 4.90 Å². The Balaban J connectivity index is 1.93. The van der Waals surface area contributed by atoms with Gasteiger partial charge in [-0.25, -0.2) is 8.42 Å². The summed E-state index contributed by atoms with van der Waals surface area (Å²) >= 11 is 0. The summed E-state index contributed by atoms with van der Waals surface area (Å²) < 4.78 is 24.8. The lowest BCUT2D eigenvalue weighted by molar-refractivity contribution is 0.195. The fourth-order valence-electron chi connectivity index (χ4n) is 3.18. The molecule has 0 N–H and O–H groups in total. The average molecular weight is 333 g/mol. The van der Waals surface area contributed by atoms with Gasteiger partial charge in [-0.2, -0.15) is 0 Å². The van der Waals surface area contributed by atoms with Crippen LogP contribution in [0.1, 0.15) is 39.5 Å². The van der Waals surface area contributed by atoms with Crippen LogP contribution in [0.5, 0.6) is 0 Å². The van der Waals surface area contributed by atoms with Gasteiger partial charge in [0.25, 0.3) is 0 Å². The number of nitrogens with zero attached hydrogens (tertiary/aromatic N) is 1. The maximum absolute atomic E-state index is 12.8. The lowest BCUT2D eigenvalue weighted by Crippen LogP contribution is -2.37. The van der Waals surface area contributed by atoms with Crippen LogP contribution in [0.15, 0.2) is 35.2 Å². The minimum absolute atomic E-state index is 0.352. The van der Waals surface area contributed by atoms with E-state index in [1.54, 1.807) is 24.3 Å². The first-order valence-electron chi connectivity index (χ1n) is 8.35. The zero-order valence-corrected chi connectivity index (χ0v) is 15.0. The maximum Gasteiger partial charge on any atom is 0.183 e. The van der Waals surface area contributed by atoms with Crippen LogP contribution in [0.4, 0.5) is 0 Å². The Hall–Kier alpha value is -1.31. The summed E-state index contributed by atoms with van der Waals surface area (Å²) in [6.07, 6.45) is 9.31. The normalized spacial score (nSPS) is 20.1. The van der Waals surface area contributed by atoms with E-state index in [4.69, 9.17) is 6.42 Å². The summed E-state index contributed by atoms with van der Waals surface area (Å²) in [4.78, 5) is 2.79. The van der Waals surface area contributed by atoms with E-state index in [1.807, 2.05) is 19.9 Å². The second kappa shape index (κ2) is 7.51. The molecule has 0 radical (unpaired) electrons. The number of terminal acetylenes is 1. The second-order valence-electron chi connectivity index (χ2n) is 6.99. The summed E-state index contributed by atoms with van der Waals surface area (Å²) in [5.74, 6) is 3.20. The molecule has 0 saturated carbocycles. The highest BCUT2D eigenvalue weighted by atomic mass is 32.2. The van der Waals surface area contributed by atoms with Crippen molar-refractivity contribution in [3.8, 4) is 12.3 Å². The van der Waals surface area contributed by atoms with Crippen LogP contribution < -0.4 is 0 Å². The van der Waals surface area contributed by atoms with Gasteiger partial charge >= 0.3 is 0 Å². The highest BCUT2D eigenvalue weighted by molar-refractivity contribution is 7.92. The van der Waals surface area contributed by atoms with Crippen LogP contribution in [0.2, 0.25) is 0 Å². The van der Waals surface area contributed by atoms with Crippen LogP contribution in [0.3, 0.4) is 0 Å². The topological polar surface area (TPSA) is 37.4 Å². The molecule has 1 aromatic rings. The summed E-state index contributed by atoms with van der Waals surface area (Å²) in [5, 5.41) is 0. The standard InChI is InChI=1S/C19H27NO2S/c1-4-17-10-8-14-20(16-17)15-9-13-19(2,3)23(21,22)18-11-6-5-7-12-18/h1,5-7,11-12,17H,8-10,13-16H2,2-3H3. The highest BCUT2D eigenvalue weighted by Crippen LogP contribution is 2.29. The van der Waals surface area contributed by atoms with Gasteiger partial charge in [0, 0.05) is 12.5 Å². The summed E-state index contributed by atoms with van der Waals surface area (Å²) in [6.45, 7) is 6.60. The van der Waals surface area contributed by atoms with E-state index in [0.29, 0.717) is 17.2 Å². The van der Waals surface area contributed by atoms with Crippen LogP contribution in [-0.2, 0) is 9.84 Å². The van der Waals surface area contributed by atoms with Gasteiger partial charge in [-0.3, -0.25) is 0 Å². The van der Waals surface area contributed by atoms with Crippen molar-refractivity contribution in [3.05, 3.63) is 30.3 Å².